The van der Waals surface area contributed by atoms with E-state index in [2.05, 4.69) is 5.32 Å². The summed E-state index contributed by atoms with van der Waals surface area (Å²) in [5.41, 5.74) is 4.32. The summed E-state index contributed by atoms with van der Waals surface area (Å²) in [6.45, 7) is 2.80. The fourth-order valence-corrected chi connectivity index (χ4v) is 3.72. The van der Waals surface area contributed by atoms with Gasteiger partial charge in [0.2, 0.25) is 0 Å². The number of anilines is 1. The minimum Gasteiger partial charge on any atom is -0.489 e. The molecule has 6 heteroatoms. The van der Waals surface area contributed by atoms with E-state index in [1.54, 1.807) is 42.5 Å². The van der Waals surface area contributed by atoms with E-state index in [0.717, 1.165) is 11.1 Å². The number of rotatable bonds is 9. The topological polar surface area (TPSA) is 71.3 Å². The van der Waals surface area contributed by atoms with Crippen molar-refractivity contribution in [2.45, 2.75) is 20.1 Å². The van der Waals surface area contributed by atoms with E-state index in [4.69, 9.17) is 21.1 Å². The Bertz CT molecular complexity index is 1440. The first kappa shape index (κ1) is 25.6. The zero-order valence-electron chi connectivity index (χ0n) is 20.3. The Hall–Kier alpha value is -4.53. The van der Waals surface area contributed by atoms with Crippen LogP contribution in [-0.4, -0.2) is 5.91 Å². The molecule has 0 aliphatic carbocycles. The SMILES string of the molecule is Cc1ccc(COc2ccc(NC(=O)/C(C#N)=C/c3ccccc3OCc3cccc(Cl)c3)cc2)cc1. The highest BCUT2D eigenvalue weighted by Crippen LogP contribution is 2.24. The van der Waals surface area contributed by atoms with Crippen molar-refractivity contribution >= 4 is 29.3 Å². The highest BCUT2D eigenvalue weighted by molar-refractivity contribution is 6.30. The van der Waals surface area contributed by atoms with Crippen molar-refractivity contribution in [1.29, 1.82) is 5.26 Å². The fraction of sp³-hybridized carbons (Fsp3) is 0.0968. The smallest absolute Gasteiger partial charge is 0.266 e. The molecule has 0 heterocycles. The monoisotopic (exact) mass is 508 g/mol. The highest BCUT2D eigenvalue weighted by Gasteiger charge is 2.12. The summed E-state index contributed by atoms with van der Waals surface area (Å²) >= 11 is 6.05. The van der Waals surface area contributed by atoms with Gasteiger partial charge < -0.3 is 14.8 Å². The maximum atomic E-state index is 12.8. The number of aryl methyl sites for hydroxylation is 1. The number of ether oxygens (including phenoxy) is 2. The van der Waals surface area contributed by atoms with Crippen LogP contribution in [0.2, 0.25) is 5.02 Å². The molecule has 0 fully saturated rings. The van der Waals surface area contributed by atoms with Crippen LogP contribution in [0.4, 0.5) is 5.69 Å². The molecule has 0 saturated carbocycles. The van der Waals surface area contributed by atoms with Gasteiger partial charge in [0.05, 0.1) is 0 Å². The minimum absolute atomic E-state index is 0.0431. The molecule has 1 N–H and O–H groups in total. The van der Waals surface area contributed by atoms with Crippen LogP contribution in [-0.2, 0) is 18.0 Å². The van der Waals surface area contributed by atoms with Crippen LogP contribution < -0.4 is 14.8 Å². The quantitative estimate of drug-likeness (QED) is 0.189. The summed E-state index contributed by atoms with van der Waals surface area (Å²) in [5, 5.41) is 13.0. The summed E-state index contributed by atoms with van der Waals surface area (Å²) in [6, 6.07) is 31.8. The number of hydrogen-bond acceptors (Lipinski definition) is 4. The Labute approximate surface area is 221 Å². The Morgan fingerprint density at radius 2 is 1.62 bits per heavy atom. The predicted octanol–water partition coefficient (Wildman–Crippen LogP) is 7.35. The summed E-state index contributed by atoms with van der Waals surface area (Å²) in [6.07, 6.45) is 1.52. The number of amides is 1. The second-order valence-corrected chi connectivity index (χ2v) is 8.82. The van der Waals surface area contributed by atoms with E-state index in [1.165, 1.54) is 11.6 Å². The third-order valence-electron chi connectivity index (χ3n) is 5.51. The van der Waals surface area contributed by atoms with Gasteiger partial charge in [-0.05, 0) is 66.6 Å². The normalized spacial score (nSPS) is 10.9. The summed E-state index contributed by atoms with van der Waals surface area (Å²) < 4.78 is 11.8. The first-order valence-corrected chi connectivity index (χ1v) is 12.1. The molecule has 4 aromatic rings. The first-order valence-electron chi connectivity index (χ1n) is 11.7. The molecule has 1 amide bonds. The second-order valence-electron chi connectivity index (χ2n) is 8.38. The van der Waals surface area contributed by atoms with E-state index in [1.807, 2.05) is 67.6 Å². The van der Waals surface area contributed by atoms with Gasteiger partial charge in [0, 0.05) is 16.3 Å². The van der Waals surface area contributed by atoms with Crippen molar-refractivity contribution in [3.05, 3.63) is 130 Å². The molecule has 0 atom stereocenters. The highest BCUT2D eigenvalue weighted by atomic mass is 35.5. The standard InChI is InChI=1S/C31H25ClN2O3/c1-22-9-11-23(12-10-22)20-36-29-15-13-28(14-16-29)34-31(35)26(19-33)18-25-6-2-3-8-30(25)37-21-24-5-4-7-27(32)17-24/h2-18H,20-21H2,1H3,(H,34,35)/b26-18+. The van der Waals surface area contributed by atoms with Crippen LogP contribution in [0.5, 0.6) is 11.5 Å². The van der Waals surface area contributed by atoms with Gasteiger partial charge in [-0.15, -0.1) is 0 Å². The predicted molar refractivity (Wildman–Crippen MR) is 146 cm³/mol. The molecular weight excluding hydrogens is 484 g/mol. The van der Waals surface area contributed by atoms with E-state index < -0.39 is 5.91 Å². The molecule has 0 bridgehead atoms. The Kier molecular flexibility index (Phi) is 8.59. The molecule has 0 aliphatic heterocycles. The Morgan fingerprint density at radius 1 is 0.892 bits per heavy atom. The van der Waals surface area contributed by atoms with Crippen molar-refractivity contribution in [3.8, 4) is 17.6 Å². The first-order chi connectivity index (χ1) is 18.0. The number of nitriles is 1. The zero-order chi connectivity index (χ0) is 26.0. The van der Waals surface area contributed by atoms with Gasteiger partial charge in [-0.1, -0.05) is 71.8 Å². The van der Waals surface area contributed by atoms with Gasteiger partial charge >= 0.3 is 0 Å². The van der Waals surface area contributed by atoms with Crippen LogP contribution in [0.15, 0.2) is 103 Å². The number of nitrogens with one attached hydrogen (secondary N) is 1. The molecule has 5 nitrogen and oxygen atoms in total. The maximum Gasteiger partial charge on any atom is 0.266 e. The van der Waals surface area contributed by atoms with Crippen molar-refractivity contribution in [2.75, 3.05) is 5.32 Å². The van der Waals surface area contributed by atoms with Crippen molar-refractivity contribution < 1.29 is 14.3 Å². The third-order valence-corrected chi connectivity index (χ3v) is 5.74. The van der Waals surface area contributed by atoms with E-state index >= 15 is 0 Å². The molecule has 37 heavy (non-hydrogen) atoms. The number of nitrogens with zero attached hydrogens (tertiary/aromatic N) is 1. The summed E-state index contributed by atoms with van der Waals surface area (Å²) in [5.74, 6) is 0.721. The zero-order valence-corrected chi connectivity index (χ0v) is 21.0. The van der Waals surface area contributed by atoms with E-state index in [0.29, 0.717) is 41.0 Å². The molecule has 0 radical (unpaired) electrons. The third kappa shape index (κ3) is 7.47. The van der Waals surface area contributed by atoms with E-state index in [-0.39, 0.29) is 5.57 Å². The Morgan fingerprint density at radius 3 is 2.35 bits per heavy atom. The van der Waals surface area contributed by atoms with Gasteiger partial charge in [0.15, 0.2) is 0 Å². The van der Waals surface area contributed by atoms with Crippen molar-refractivity contribution in [2.24, 2.45) is 0 Å². The molecule has 4 aromatic carbocycles. The summed E-state index contributed by atoms with van der Waals surface area (Å²) in [7, 11) is 0. The van der Waals surface area contributed by atoms with Crippen LogP contribution in [0, 0.1) is 18.3 Å². The van der Waals surface area contributed by atoms with Crippen LogP contribution in [0.1, 0.15) is 22.3 Å². The lowest BCUT2D eigenvalue weighted by atomic mass is 10.1. The second kappa shape index (κ2) is 12.4. The molecule has 0 saturated heterocycles. The molecular formula is C31H25ClN2O3. The Balaban J connectivity index is 1.39. The number of benzene rings is 4. The van der Waals surface area contributed by atoms with Gasteiger partial charge in [0.1, 0.15) is 36.4 Å². The molecule has 184 valence electrons. The lowest BCUT2D eigenvalue weighted by molar-refractivity contribution is -0.112. The summed E-state index contributed by atoms with van der Waals surface area (Å²) in [4.78, 5) is 12.8. The lowest BCUT2D eigenvalue weighted by Gasteiger charge is -2.11. The average molecular weight is 509 g/mol. The van der Waals surface area contributed by atoms with Crippen LogP contribution >= 0.6 is 11.6 Å². The van der Waals surface area contributed by atoms with Crippen LogP contribution in [0.25, 0.3) is 6.08 Å². The maximum absolute atomic E-state index is 12.8. The largest absolute Gasteiger partial charge is 0.489 e. The van der Waals surface area contributed by atoms with Gasteiger partial charge in [-0.25, -0.2) is 0 Å². The van der Waals surface area contributed by atoms with Gasteiger partial charge in [-0.2, -0.15) is 5.26 Å². The van der Waals surface area contributed by atoms with E-state index in [9.17, 15) is 10.1 Å². The number of carbonyl (C=O) groups excluding carboxylic acids is 1. The van der Waals surface area contributed by atoms with Crippen molar-refractivity contribution in [3.63, 3.8) is 0 Å². The van der Waals surface area contributed by atoms with Crippen LogP contribution in [0.3, 0.4) is 0 Å². The molecule has 0 spiro atoms. The number of hydrogen-bond donors (Lipinski definition) is 1. The fourth-order valence-electron chi connectivity index (χ4n) is 3.51. The van der Waals surface area contributed by atoms with Crippen molar-refractivity contribution in [1.82, 2.24) is 0 Å². The lowest BCUT2D eigenvalue weighted by Crippen LogP contribution is -2.13. The molecule has 0 unspecified atom stereocenters. The number of carbonyl (C=O) groups is 1. The molecule has 4 rings (SSSR count). The number of halogens is 1. The van der Waals surface area contributed by atoms with Gasteiger partial charge in [0.25, 0.3) is 5.91 Å². The number of para-hydroxylation sites is 1. The average Bonchev–Trinajstić information content (AvgIpc) is 2.91. The van der Waals surface area contributed by atoms with Gasteiger partial charge in [-0.3, -0.25) is 4.79 Å². The molecule has 0 aromatic heterocycles. The molecule has 0 aliphatic rings. The minimum atomic E-state index is -0.513.